The summed E-state index contributed by atoms with van der Waals surface area (Å²) >= 11 is 0. The second kappa shape index (κ2) is 11.2. The number of aromatic hydroxyl groups is 1. The second-order valence-electron chi connectivity index (χ2n) is 8.09. The summed E-state index contributed by atoms with van der Waals surface area (Å²) in [6.07, 6.45) is -6.70. The molecule has 1 fully saturated rings. The highest BCUT2D eigenvalue weighted by Crippen LogP contribution is 2.34. The highest BCUT2D eigenvalue weighted by Gasteiger charge is 2.54. The number of phenols is 1. The zero-order valence-corrected chi connectivity index (χ0v) is 20.2. The molecule has 1 aliphatic heterocycles. The number of benzene rings is 1. The van der Waals surface area contributed by atoms with E-state index in [1.807, 2.05) is 0 Å². The number of ether oxygens (including phenoxy) is 6. The predicted molar refractivity (Wildman–Crippen MR) is 118 cm³/mol. The number of phenolic OH excluding ortho intramolecular Hbond substituents is 1. The number of esters is 4. The topological polar surface area (TPSA) is 178 Å². The van der Waals surface area contributed by atoms with E-state index < -0.39 is 84.3 Å². The lowest BCUT2D eigenvalue weighted by Crippen LogP contribution is -2.63. The zero-order chi connectivity index (χ0) is 27.4. The van der Waals surface area contributed by atoms with E-state index in [1.54, 1.807) is 0 Å². The lowest BCUT2D eigenvalue weighted by atomic mass is 9.92. The molecule has 1 N–H and O–H groups in total. The Labute approximate surface area is 210 Å². The Bertz CT molecular complexity index is 1170. The van der Waals surface area contributed by atoms with E-state index in [0.29, 0.717) is 0 Å². The van der Waals surface area contributed by atoms with Crippen LogP contribution in [0.3, 0.4) is 0 Å². The maximum Gasteiger partial charge on any atom is 0.303 e. The smallest absolute Gasteiger partial charge is 0.303 e. The van der Waals surface area contributed by atoms with Crippen LogP contribution in [-0.4, -0.2) is 77.9 Å². The molecule has 1 heterocycles. The van der Waals surface area contributed by atoms with Crippen LogP contribution < -0.4 is 0 Å². The van der Waals surface area contributed by atoms with Crippen molar-refractivity contribution in [1.29, 1.82) is 0 Å². The van der Waals surface area contributed by atoms with Crippen LogP contribution in [0.5, 0.6) is 5.75 Å². The highest BCUT2D eigenvalue weighted by atomic mass is 16.7. The third kappa shape index (κ3) is 6.30. The molecule has 13 nitrogen and oxygen atoms in total. The number of fused-ring (bicyclic) bond motifs is 1. The van der Waals surface area contributed by atoms with Crippen molar-refractivity contribution in [2.24, 2.45) is 0 Å². The van der Waals surface area contributed by atoms with E-state index in [4.69, 9.17) is 28.4 Å². The summed E-state index contributed by atoms with van der Waals surface area (Å²) < 4.78 is 32.2. The van der Waals surface area contributed by atoms with Gasteiger partial charge in [0.15, 0.2) is 23.8 Å². The van der Waals surface area contributed by atoms with Gasteiger partial charge in [0.2, 0.25) is 18.2 Å². The Balaban J connectivity index is 2.02. The van der Waals surface area contributed by atoms with E-state index in [-0.39, 0.29) is 11.1 Å². The first-order chi connectivity index (χ1) is 17.4. The van der Waals surface area contributed by atoms with Crippen molar-refractivity contribution in [3.8, 4) is 5.75 Å². The summed E-state index contributed by atoms with van der Waals surface area (Å²) in [5.41, 5.74) is -0.366. The molecule has 198 valence electrons. The first-order valence-electron chi connectivity index (χ1n) is 11.0. The van der Waals surface area contributed by atoms with Crippen LogP contribution >= 0.6 is 0 Å². The number of hydrogen-bond acceptors (Lipinski definition) is 13. The summed E-state index contributed by atoms with van der Waals surface area (Å²) in [6, 6.07) is 3.90. The molecule has 13 heteroatoms. The monoisotopic (exact) mass is 520 g/mol. The summed E-state index contributed by atoms with van der Waals surface area (Å²) in [5, 5.41) is 10.00. The van der Waals surface area contributed by atoms with Gasteiger partial charge >= 0.3 is 23.9 Å². The first kappa shape index (κ1) is 27.3. The van der Waals surface area contributed by atoms with Gasteiger partial charge in [-0.2, -0.15) is 0 Å². The summed E-state index contributed by atoms with van der Waals surface area (Å²) in [4.78, 5) is 72.7. The molecule has 1 aromatic rings. The molecule has 1 aliphatic carbocycles. The minimum absolute atomic E-state index is 0.145. The van der Waals surface area contributed by atoms with Gasteiger partial charge in [-0.3, -0.25) is 28.8 Å². The third-order valence-electron chi connectivity index (χ3n) is 5.21. The molecule has 0 amide bonds. The van der Waals surface area contributed by atoms with Crippen LogP contribution in [0, 0.1) is 0 Å². The summed E-state index contributed by atoms with van der Waals surface area (Å²) in [7, 11) is 0. The number of hydrogen-bond donors (Lipinski definition) is 1. The largest absolute Gasteiger partial charge is 0.507 e. The fraction of sp³-hybridized carbons (Fsp3) is 0.417. The van der Waals surface area contributed by atoms with Gasteiger partial charge in [-0.15, -0.1) is 0 Å². The molecular formula is C24H24O13. The molecule has 0 saturated carbocycles. The van der Waals surface area contributed by atoms with Gasteiger partial charge in [0.1, 0.15) is 18.5 Å². The Morgan fingerprint density at radius 2 is 1.46 bits per heavy atom. The number of carbonyl (C=O) groups is 6. The van der Waals surface area contributed by atoms with E-state index in [9.17, 15) is 33.9 Å². The highest BCUT2D eigenvalue weighted by molar-refractivity contribution is 6.24. The molecule has 0 aromatic heterocycles. The summed E-state index contributed by atoms with van der Waals surface area (Å²) in [6.45, 7) is 3.78. The van der Waals surface area contributed by atoms with E-state index >= 15 is 0 Å². The van der Waals surface area contributed by atoms with Gasteiger partial charge < -0.3 is 33.5 Å². The van der Waals surface area contributed by atoms with E-state index in [2.05, 4.69) is 0 Å². The van der Waals surface area contributed by atoms with Gasteiger partial charge in [-0.1, -0.05) is 6.07 Å². The lowest BCUT2D eigenvalue weighted by molar-refractivity contribution is -0.298. The molecule has 5 atom stereocenters. The minimum atomic E-state index is -1.69. The lowest BCUT2D eigenvalue weighted by Gasteiger charge is -2.44. The average molecular weight is 520 g/mol. The van der Waals surface area contributed by atoms with Crippen LogP contribution in [0.2, 0.25) is 0 Å². The van der Waals surface area contributed by atoms with Crippen LogP contribution in [0.1, 0.15) is 48.4 Å². The Hall–Kier alpha value is -4.26. The van der Waals surface area contributed by atoms with Gasteiger partial charge in [0.25, 0.3) is 0 Å². The van der Waals surface area contributed by atoms with Crippen molar-refractivity contribution in [3.05, 3.63) is 41.2 Å². The molecule has 0 unspecified atom stereocenters. The Morgan fingerprint density at radius 3 is 2.05 bits per heavy atom. The fourth-order valence-electron chi connectivity index (χ4n) is 3.87. The van der Waals surface area contributed by atoms with Crippen molar-refractivity contribution in [2.45, 2.75) is 58.4 Å². The fourth-order valence-corrected chi connectivity index (χ4v) is 3.87. The molecule has 0 spiro atoms. The zero-order valence-electron chi connectivity index (χ0n) is 20.2. The van der Waals surface area contributed by atoms with E-state index in [0.717, 1.165) is 33.8 Å². The number of Topliss-reactive ketones (excluding diaryl/α,β-unsaturated/α-hetero) is 1. The van der Waals surface area contributed by atoms with Crippen LogP contribution in [-0.2, 0) is 47.6 Å². The first-order valence-corrected chi connectivity index (χ1v) is 11.0. The molecule has 0 bridgehead atoms. The van der Waals surface area contributed by atoms with Gasteiger partial charge in [0.05, 0.1) is 5.56 Å². The molecule has 3 rings (SSSR count). The quantitative estimate of drug-likeness (QED) is 0.394. The predicted octanol–water partition coefficient (Wildman–Crippen LogP) is 0.755. The molecule has 2 aliphatic rings. The number of ketones is 2. The second-order valence-corrected chi connectivity index (χ2v) is 8.09. The number of carbonyl (C=O) groups excluding carboxylic acids is 6. The van der Waals surface area contributed by atoms with Gasteiger partial charge in [-0.25, -0.2) is 0 Å². The Morgan fingerprint density at radius 1 is 0.865 bits per heavy atom. The molecule has 1 aromatic carbocycles. The molecular weight excluding hydrogens is 496 g/mol. The van der Waals surface area contributed by atoms with Crippen molar-refractivity contribution in [3.63, 3.8) is 0 Å². The summed E-state index contributed by atoms with van der Waals surface area (Å²) in [5.74, 6) is -5.70. The molecule has 1 saturated heterocycles. The minimum Gasteiger partial charge on any atom is -0.507 e. The van der Waals surface area contributed by atoms with Crippen LogP contribution in [0.15, 0.2) is 30.0 Å². The standard InChI is InChI=1S/C24H24O13/c1-10(25)32-9-18-21(33-11(2)26)22(34-12(3)27)23(35-13(4)28)24(37-18)36-17-8-16(30)19-14(20(17)31)6-5-7-15(19)29/h5-8,18,21-24,29H,9H2,1-4H3/t18-,21-,22+,23+,24-/m1/s1. The third-order valence-corrected chi connectivity index (χ3v) is 5.21. The maximum atomic E-state index is 13.0. The molecule has 0 radical (unpaired) electrons. The van der Waals surface area contributed by atoms with Crippen molar-refractivity contribution >= 4 is 35.4 Å². The normalized spacial score (nSPS) is 24.8. The SMILES string of the molecule is CC(=O)OC[C@H]1O[C@@H](OC2=CC(=O)c3c(O)cccc3C2=O)[C@@H](OC(C)=O)[C@@H](OC(C)=O)[C@@H]1OC(C)=O. The van der Waals surface area contributed by atoms with Crippen LogP contribution in [0.4, 0.5) is 0 Å². The van der Waals surface area contributed by atoms with Crippen molar-refractivity contribution in [1.82, 2.24) is 0 Å². The maximum absolute atomic E-state index is 13.0. The Kier molecular flexibility index (Phi) is 8.28. The van der Waals surface area contributed by atoms with Gasteiger partial charge in [0, 0.05) is 39.3 Å². The van der Waals surface area contributed by atoms with Gasteiger partial charge in [-0.05, 0) is 12.1 Å². The average Bonchev–Trinajstić information content (AvgIpc) is 2.78. The van der Waals surface area contributed by atoms with E-state index in [1.165, 1.54) is 18.2 Å². The van der Waals surface area contributed by atoms with Crippen LogP contribution in [0.25, 0.3) is 0 Å². The molecule has 37 heavy (non-hydrogen) atoms. The van der Waals surface area contributed by atoms with Crippen molar-refractivity contribution in [2.75, 3.05) is 6.61 Å². The van der Waals surface area contributed by atoms with Crippen molar-refractivity contribution < 1.29 is 62.3 Å². The number of allylic oxidation sites excluding steroid dienone is 2. The number of rotatable bonds is 7.